The van der Waals surface area contributed by atoms with Crippen LogP contribution in [-0.4, -0.2) is 28.9 Å². The Bertz CT molecular complexity index is 837. The number of ether oxygens (including phenoxy) is 1. The number of thioether (sulfide) groups is 1. The summed E-state index contributed by atoms with van der Waals surface area (Å²) < 4.78 is 18.9. The van der Waals surface area contributed by atoms with Crippen molar-refractivity contribution in [3.8, 4) is 5.75 Å². The number of thiocarbonyl (C=S) groups is 1. The van der Waals surface area contributed by atoms with Gasteiger partial charge in [0.2, 0.25) is 0 Å². The second-order valence-corrected chi connectivity index (χ2v) is 6.90. The van der Waals surface area contributed by atoms with Crippen LogP contribution in [-0.2, 0) is 4.79 Å². The van der Waals surface area contributed by atoms with Gasteiger partial charge in [-0.2, -0.15) is 0 Å². The van der Waals surface area contributed by atoms with E-state index in [1.807, 2.05) is 24.3 Å². The first-order valence-corrected chi connectivity index (χ1v) is 8.68. The molecule has 0 aromatic heterocycles. The van der Waals surface area contributed by atoms with Crippen molar-refractivity contribution >= 4 is 46.0 Å². The van der Waals surface area contributed by atoms with Crippen LogP contribution in [0.4, 0.5) is 10.1 Å². The van der Waals surface area contributed by atoms with Gasteiger partial charge in [-0.1, -0.05) is 36.1 Å². The smallest absolute Gasteiger partial charge is 0.267 e. The van der Waals surface area contributed by atoms with Crippen LogP contribution >= 0.6 is 24.0 Å². The van der Waals surface area contributed by atoms with Crippen LogP contribution in [0, 0.1) is 5.82 Å². The average Bonchev–Trinajstić information content (AvgIpc) is 2.87. The summed E-state index contributed by atoms with van der Waals surface area (Å²) in [6.07, 6.45) is 1.65. The van der Waals surface area contributed by atoms with Crippen molar-refractivity contribution < 1.29 is 13.9 Å². The van der Waals surface area contributed by atoms with Crippen molar-refractivity contribution in [3.63, 3.8) is 0 Å². The van der Waals surface area contributed by atoms with E-state index in [0.29, 0.717) is 14.8 Å². The summed E-state index contributed by atoms with van der Waals surface area (Å²) in [6, 6.07) is 13.5. The number of hydrogen-bond acceptors (Lipinski definition) is 5. The molecule has 2 aromatic carbocycles. The Morgan fingerprint density at radius 3 is 2.72 bits per heavy atom. The highest BCUT2D eigenvalue weighted by Gasteiger charge is 2.31. The molecule has 0 saturated carbocycles. The first-order chi connectivity index (χ1) is 12.1. The number of carbonyl (C=O) groups is 1. The minimum atomic E-state index is -0.342. The van der Waals surface area contributed by atoms with Crippen LogP contribution in [0.1, 0.15) is 5.56 Å². The molecule has 1 saturated heterocycles. The van der Waals surface area contributed by atoms with Gasteiger partial charge in [-0.05, 0) is 48.0 Å². The zero-order valence-electron chi connectivity index (χ0n) is 13.4. The van der Waals surface area contributed by atoms with Crippen LogP contribution in [0.2, 0.25) is 0 Å². The lowest BCUT2D eigenvalue weighted by Gasteiger charge is -2.16. The molecule has 1 aliphatic rings. The largest absolute Gasteiger partial charge is 0.497 e. The minimum Gasteiger partial charge on any atom is -0.497 e. The van der Waals surface area contributed by atoms with E-state index >= 15 is 0 Å². The molecule has 0 spiro atoms. The number of benzene rings is 2. The zero-order chi connectivity index (χ0) is 17.8. The topological polar surface area (TPSA) is 41.6 Å². The number of nitrogens with zero attached hydrogens (tertiary/aromatic N) is 1. The molecular formula is C18H15FN2O2S2. The number of rotatable bonds is 5. The van der Waals surface area contributed by atoms with E-state index in [9.17, 15) is 9.18 Å². The number of nitrogens with one attached hydrogen (secondary N) is 1. The second-order valence-electron chi connectivity index (χ2n) is 5.23. The van der Waals surface area contributed by atoms with Gasteiger partial charge in [0.15, 0.2) is 0 Å². The molecule has 1 amide bonds. The third-order valence-electron chi connectivity index (χ3n) is 3.55. The fourth-order valence-corrected chi connectivity index (χ4v) is 3.52. The SMILES string of the molecule is COc1ccc(NCN2C(=O)/C(=C\c3cccc(F)c3)SC2=S)cc1. The predicted octanol–water partition coefficient (Wildman–Crippen LogP) is 4.11. The van der Waals surface area contributed by atoms with E-state index in [1.54, 1.807) is 25.3 Å². The molecule has 4 nitrogen and oxygen atoms in total. The molecule has 0 aliphatic carbocycles. The normalized spacial score (nSPS) is 15.8. The van der Waals surface area contributed by atoms with Crippen molar-refractivity contribution in [2.75, 3.05) is 19.1 Å². The summed E-state index contributed by atoms with van der Waals surface area (Å²) in [5.74, 6) is 0.222. The number of carbonyl (C=O) groups excluding carboxylic acids is 1. The Morgan fingerprint density at radius 1 is 1.28 bits per heavy atom. The van der Waals surface area contributed by atoms with Gasteiger partial charge in [-0.3, -0.25) is 9.69 Å². The van der Waals surface area contributed by atoms with Crippen LogP contribution in [0.25, 0.3) is 6.08 Å². The van der Waals surface area contributed by atoms with Gasteiger partial charge in [0, 0.05) is 5.69 Å². The van der Waals surface area contributed by atoms with Gasteiger partial charge in [-0.25, -0.2) is 4.39 Å². The summed E-state index contributed by atoms with van der Waals surface area (Å²) in [6.45, 7) is 0.261. The average molecular weight is 374 g/mol. The molecule has 0 bridgehead atoms. The number of anilines is 1. The van der Waals surface area contributed by atoms with Gasteiger partial charge in [0.1, 0.15) is 15.9 Å². The quantitative estimate of drug-likeness (QED) is 0.630. The lowest BCUT2D eigenvalue weighted by atomic mass is 10.2. The van der Waals surface area contributed by atoms with Crippen molar-refractivity contribution in [3.05, 3.63) is 64.8 Å². The monoisotopic (exact) mass is 374 g/mol. The van der Waals surface area contributed by atoms with Crippen molar-refractivity contribution in [1.82, 2.24) is 4.90 Å². The molecule has 1 heterocycles. The van der Waals surface area contributed by atoms with Crippen LogP contribution in [0.3, 0.4) is 0 Å². The molecule has 3 rings (SSSR count). The number of amides is 1. The highest BCUT2D eigenvalue weighted by Crippen LogP contribution is 2.32. The lowest BCUT2D eigenvalue weighted by molar-refractivity contribution is -0.121. The van der Waals surface area contributed by atoms with E-state index in [-0.39, 0.29) is 18.4 Å². The highest BCUT2D eigenvalue weighted by molar-refractivity contribution is 8.26. The van der Waals surface area contributed by atoms with E-state index in [4.69, 9.17) is 17.0 Å². The van der Waals surface area contributed by atoms with Crippen LogP contribution in [0.15, 0.2) is 53.4 Å². The molecule has 1 aliphatic heterocycles. The minimum absolute atomic E-state index is 0.194. The Kier molecular flexibility index (Phi) is 5.35. The third-order valence-corrected chi connectivity index (χ3v) is 4.93. The summed E-state index contributed by atoms with van der Waals surface area (Å²) in [5.41, 5.74) is 1.48. The zero-order valence-corrected chi connectivity index (χ0v) is 15.0. The molecule has 25 heavy (non-hydrogen) atoms. The third kappa shape index (κ3) is 4.18. The second kappa shape index (κ2) is 7.67. The Labute approximate surface area is 154 Å². The maximum atomic E-state index is 13.3. The number of hydrogen-bond donors (Lipinski definition) is 1. The fourth-order valence-electron chi connectivity index (χ4n) is 2.26. The molecule has 0 unspecified atom stereocenters. The molecule has 0 atom stereocenters. The Morgan fingerprint density at radius 2 is 2.04 bits per heavy atom. The van der Waals surface area contributed by atoms with Gasteiger partial charge >= 0.3 is 0 Å². The summed E-state index contributed by atoms with van der Waals surface area (Å²) in [4.78, 5) is 14.5. The summed E-state index contributed by atoms with van der Waals surface area (Å²) >= 11 is 6.49. The van der Waals surface area contributed by atoms with Gasteiger partial charge in [0.25, 0.3) is 5.91 Å². The van der Waals surface area contributed by atoms with Crippen LogP contribution in [0.5, 0.6) is 5.75 Å². The molecule has 1 fully saturated rings. The van der Waals surface area contributed by atoms with E-state index in [2.05, 4.69) is 5.32 Å². The molecule has 0 radical (unpaired) electrons. The fraction of sp³-hybridized carbons (Fsp3) is 0.111. The lowest BCUT2D eigenvalue weighted by Crippen LogP contribution is -2.33. The molecule has 7 heteroatoms. The summed E-state index contributed by atoms with van der Waals surface area (Å²) in [5, 5.41) is 3.15. The summed E-state index contributed by atoms with van der Waals surface area (Å²) in [7, 11) is 1.60. The molecule has 1 N–H and O–H groups in total. The maximum absolute atomic E-state index is 13.3. The molecule has 128 valence electrons. The Hall–Kier alpha value is -2.38. The van der Waals surface area contributed by atoms with E-state index < -0.39 is 0 Å². The maximum Gasteiger partial charge on any atom is 0.267 e. The standard InChI is InChI=1S/C18H15FN2O2S2/c1-23-15-7-5-14(6-8-15)20-11-21-17(22)16(25-18(21)24)10-12-3-2-4-13(19)9-12/h2-10,20H,11H2,1H3/b16-10+. The number of halogens is 1. The van der Waals surface area contributed by atoms with Crippen molar-refractivity contribution in [2.24, 2.45) is 0 Å². The van der Waals surface area contributed by atoms with E-state index in [1.165, 1.54) is 28.8 Å². The Balaban J connectivity index is 1.68. The van der Waals surface area contributed by atoms with Crippen molar-refractivity contribution in [1.29, 1.82) is 0 Å². The first-order valence-electron chi connectivity index (χ1n) is 7.45. The first kappa shape index (κ1) is 17.4. The number of methoxy groups -OCH3 is 1. The molecular weight excluding hydrogens is 359 g/mol. The highest BCUT2D eigenvalue weighted by atomic mass is 32.2. The molecule has 2 aromatic rings. The van der Waals surface area contributed by atoms with E-state index in [0.717, 1.165) is 11.4 Å². The van der Waals surface area contributed by atoms with Gasteiger partial charge in [0.05, 0.1) is 18.7 Å². The van der Waals surface area contributed by atoms with Gasteiger partial charge < -0.3 is 10.1 Å². The predicted molar refractivity (Wildman–Crippen MR) is 103 cm³/mol. The van der Waals surface area contributed by atoms with Crippen LogP contribution < -0.4 is 10.1 Å². The van der Waals surface area contributed by atoms with Crippen molar-refractivity contribution in [2.45, 2.75) is 0 Å². The van der Waals surface area contributed by atoms with Gasteiger partial charge in [-0.15, -0.1) is 0 Å².